The Kier molecular flexibility index (Phi) is 6.00. The highest BCUT2D eigenvalue weighted by Gasteiger charge is 2.55. The lowest BCUT2D eigenvalue weighted by Gasteiger charge is -2.35. The van der Waals surface area contributed by atoms with Crippen LogP contribution in [0.4, 0.5) is 0 Å². The van der Waals surface area contributed by atoms with Crippen LogP contribution in [0.5, 0.6) is 5.75 Å². The molecule has 12 N–H and O–H groups in total. The van der Waals surface area contributed by atoms with E-state index < -0.39 is 75.3 Å². The monoisotopic (exact) mass is 494 g/mol. The fraction of sp³-hybridized carbons (Fsp3) is 0.545. The molecule has 0 spiro atoms. The van der Waals surface area contributed by atoms with E-state index in [0.717, 1.165) is 0 Å². The van der Waals surface area contributed by atoms with Crippen molar-refractivity contribution < 1.29 is 62.8 Å². The molecule has 0 saturated heterocycles. The molecule has 1 aliphatic rings. The molecule has 1 aliphatic heterocycles. The number of hydrogen-bond acceptors (Lipinski definition) is 15. The van der Waals surface area contributed by atoms with Crippen LogP contribution in [0.1, 0.15) is 18.0 Å². The summed E-state index contributed by atoms with van der Waals surface area (Å²) in [6.07, 6.45) is -0.953. The number of rotatable bonds is 4. The molecule has 1 aromatic rings. The van der Waals surface area contributed by atoms with E-state index in [2.05, 4.69) is 4.85 Å². The van der Waals surface area contributed by atoms with Crippen LogP contribution in [0.2, 0.25) is 0 Å². The van der Waals surface area contributed by atoms with Gasteiger partial charge in [0.2, 0.25) is 0 Å². The van der Waals surface area contributed by atoms with Gasteiger partial charge in [0.1, 0.15) is 4.21 Å². The maximum Gasteiger partial charge on any atom is 0.418 e. The summed E-state index contributed by atoms with van der Waals surface area (Å²) in [5.74, 6) is -13.1. The predicted octanol–water partition coefficient (Wildman–Crippen LogP) is -5.53. The Morgan fingerprint density at radius 1 is 1.13 bits per heavy atom. The first-order valence-corrected chi connectivity index (χ1v) is 11.3. The van der Waals surface area contributed by atoms with Gasteiger partial charge < -0.3 is 46.0 Å². The molecule has 0 amide bonds. The predicted molar refractivity (Wildman–Crippen MR) is 92.0 cm³/mol. The molecule has 2 atom stereocenters. The number of sulfonamides is 1. The third kappa shape index (κ3) is 4.70. The van der Waals surface area contributed by atoms with E-state index in [1.807, 2.05) is 0 Å². The largest absolute Gasteiger partial charge is 0.505 e. The third-order valence-corrected chi connectivity index (χ3v) is 8.86. The first kappa shape index (κ1) is 24.8. The second kappa shape index (κ2) is 7.28. The van der Waals surface area contributed by atoms with Crippen molar-refractivity contribution in [2.45, 2.75) is 44.1 Å². The Hall–Kier alpha value is -1.51. The number of sulfone groups is 1. The lowest BCUT2D eigenvalue weighted by atomic mass is 10.0. The number of hydrogen-bond donors (Lipinski definition) is 11. The van der Waals surface area contributed by atoms with Crippen molar-refractivity contribution in [2.24, 2.45) is 5.14 Å². The topological polar surface area (TPSA) is 293 Å². The molecule has 0 saturated carbocycles. The smallest absolute Gasteiger partial charge is 0.418 e. The minimum atomic E-state index is -4.71. The van der Waals surface area contributed by atoms with Crippen molar-refractivity contribution in [3.05, 3.63) is 10.4 Å². The fourth-order valence-corrected chi connectivity index (χ4v) is 6.88. The summed E-state index contributed by atoms with van der Waals surface area (Å²) in [6.45, 7) is 0. The number of nitrogens with zero attached hydrogens (tertiary/aromatic N) is 1. The van der Waals surface area contributed by atoms with Gasteiger partial charge in [-0.05, 0) is 0 Å². The summed E-state index contributed by atoms with van der Waals surface area (Å²) in [7, 11) is -9.40. The SMILES string of the molecule is NS(=O)(=O)c1sc2c(c1O)C(NC(O)(O)C(O)(O)O)CC([N+]#CC(O)(O)O)S2(=O)=O. The zero-order valence-electron chi connectivity index (χ0n) is 14.3. The molecule has 0 bridgehead atoms. The maximum absolute atomic E-state index is 12.7. The number of nitrogens with two attached hydrogens (primary N) is 1. The first-order chi connectivity index (χ1) is 13.2. The molecule has 0 aromatic carbocycles. The van der Waals surface area contributed by atoms with Crippen molar-refractivity contribution in [3.63, 3.8) is 0 Å². The lowest BCUT2D eigenvalue weighted by molar-refractivity contribution is -0.457. The van der Waals surface area contributed by atoms with Crippen molar-refractivity contribution in [1.29, 1.82) is 0 Å². The van der Waals surface area contributed by atoms with Crippen LogP contribution in [0.3, 0.4) is 0 Å². The summed E-state index contributed by atoms with van der Waals surface area (Å²) >= 11 is -0.0668. The van der Waals surface area contributed by atoms with Gasteiger partial charge in [-0.3, -0.25) is 5.32 Å². The summed E-state index contributed by atoms with van der Waals surface area (Å²) in [5.41, 5.74) is -0.796. The normalized spacial score (nSPS) is 22.2. The summed E-state index contributed by atoms with van der Waals surface area (Å²) in [6, 6.07) is -0.610. The summed E-state index contributed by atoms with van der Waals surface area (Å²) < 4.78 is 46.7. The molecule has 0 fully saturated rings. The Morgan fingerprint density at radius 2 is 1.67 bits per heavy atom. The van der Waals surface area contributed by atoms with E-state index >= 15 is 0 Å². The van der Waals surface area contributed by atoms with Gasteiger partial charge in [-0.25, -0.2) is 22.0 Å². The highest BCUT2D eigenvalue weighted by atomic mass is 32.3. The van der Waals surface area contributed by atoms with Crippen molar-refractivity contribution in [3.8, 4) is 11.8 Å². The Morgan fingerprint density at radius 3 is 2.10 bits per heavy atom. The first-order valence-electron chi connectivity index (χ1n) is 7.34. The van der Waals surface area contributed by atoms with E-state index in [0.29, 0.717) is 0 Å². The van der Waals surface area contributed by atoms with Crippen LogP contribution in [0.15, 0.2) is 8.42 Å². The molecule has 30 heavy (non-hydrogen) atoms. The zero-order valence-corrected chi connectivity index (χ0v) is 16.7. The standard InChI is InChI=1S/C11H15N3O13S3/c12-30(26,27)8-6(15)5-3(14-10(19,20)11(21,22)23)1-4(13-2-9(16,17)18)29(24,25)7(5)28-8/h3-4,14,16-23H,1H2,(H2-,12,15,26,27)/p+1. The van der Waals surface area contributed by atoms with Gasteiger partial charge in [0.05, 0.1) is 12.5 Å². The molecule has 2 heterocycles. The average Bonchev–Trinajstić information content (AvgIpc) is 2.85. The van der Waals surface area contributed by atoms with Crippen LogP contribution in [0, 0.1) is 6.07 Å². The maximum atomic E-state index is 12.7. The summed E-state index contributed by atoms with van der Waals surface area (Å²) in [5, 5.41) is 87.3. The third-order valence-electron chi connectivity index (χ3n) is 3.72. The van der Waals surface area contributed by atoms with Crippen LogP contribution in [-0.4, -0.2) is 86.0 Å². The van der Waals surface area contributed by atoms with E-state index in [1.165, 1.54) is 6.07 Å². The highest BCUT2D eigenvalue weighted by molar-refractivity contribution is 7.95. The van der Waals surface area contributed by atoms with E-state index in [9.17, 15) is 32.2 Å². The second-order valence-corrected chi connectivity index (χ2v) is 11.2. The molecule has 170 valence electrons. The molecular formula is C11H16N3O13S3+. The van der Waals surface area contributed by atoms with Gasteiger partial charge in [-0.15, -0.1) is 11.3 Å². The van der Waals surface area contributed by atoms with Crippen LogP contribution >= 0.6 is 11.3 Å². The van der Waals surface area contributed by atoms with Gasteiger partial charge >= 0.3 is 29.3 Å². The molecule has 0 radical (unpaired) electrons. The molecule has 19 heteroatoms. The van der Waals surface area contributed by atoms with E-state index in [4.69, 9.17) is 35.8 Å². The number of thiophene rings is 1. The van der Waals surface area contributed by atoms with E-state index in [1.54, 1.807) is 5.32 Å². The van der Waals surface area contributed by atoms with Crippen LogP contribution < -0.4 is 10.5 Å². The fourth-order valence-electron chi connectivity index (χ4n) is 2.43. The number of aliphatic hydroxyl groups is 8. The van der Waals surface area contributed by atoms with Gasteiger partial charge in [-0.1, -0.05) is 4.85 Å². The molecule has 0 aliphatic carbocycles. The lowest BCUT2D eigenvalue weighted by Crippen LogP contribution is -2.64. The van der Waals surface area contributed by atoms with Gasteiger partial charge in [0.25, 0.3) is 19.9 Å². The van der Waals surface area contributed by atoms with Crippen molar-refractivity contribution >= 4 is 31.2 Å². The van der Waals surface area contributed by atoms with Crippen LogP contribution in [-0.2, 0) is 19.9 Å². The minimum absolute atomic E-state index is 0.0668. The quantitative estimate of drug-likeness (QED) is 0.137. The van der Waals surface area contributed by atoms with Gasteiger partial charge in [0.15, 0.2) is 9.96 Å². The number of aromatic hydroxyl groups is 1. The Balaban J connectivity index is 2.75. The minimum Gasteiger partial charge on any atom is -0.505 e. The zero-order chi connectivity index (χ0) is 23.5. The van der Waals surface area contributed by atoms with Crippen molar-refractivity contribution in [1.82, 2.24) is 5.32 Å². The highest BCUT2D eigenvalue weighted by Crippen LogP contribution is 2.50. The Labute approximate surface area is 171 Å². The number of fused-ring (bicyclic) bond motifs is 1. The Bertz CT molecular complexity index is 1120. The summed E-state index contributed by atoms with van der Waals surface area (Å²) in [4.78, 5) is 3.12. The molecule has 2 rings (SSSR count). The molecule has 16 nitrogen and oxygen atoms in total. The molecule has 2 unspecified atom stereocenters. The van der Waals surface area contributed by atoms with Crippen molar-refractivity contribution in [2.75, 3.05) is 0 Å². The number of primary sulfonamides is 1. The average molecular weight is 494 g/mol. The second-order valence-electron chi connectivity index (χ2n) is 6.10. The number of nitrogens with one attached hydrogen (secondary N) is 1. The molecule has 1 aromatic heterocycles. The molecular weight excluding hydrogens is 478 g/mol. The van der Waals surface area contributed by atoms with Crippen LogP contribution in [0.25, 0.3) is 4.85 Å². The van der Waals surface area contributed by atoms with Gasteiger partial charge in [0, 0.05) is 5.56 Å². The van der Waals surface area contributed by atoms with Gasteiger partial charge in [-0.2, -0.15) is 0 Å². The van der Waals surface area contributed by atoms with E-state index in [-0.39, 0.29) is 11.3 Å².